The van der Waals surface area contributed by atoms with Gasteiger partial charge in [0.2, 0.25) is 5.91 Å². The molecule has 1 aromatic heterocycles. The number of carboxylic acid groups (broad SMARTS) is 1. The van der Waals surface area contributed by atoms with Crippen LogP contribution in [-0.4, -0.2) is 64.3 Å². The van der Waals surface area contributed by atoms with E-state index < -0.39 is 47.7 Å². The van der Waals surface area contributed by atoms with Gasteiger partial charge in [-0.15, -0.1) is 0 Å². The predicted octanol–water partition coefficient (Wildman–Crippen LogP) is 1.61. The maximum atomic E-state index is 12.3. The molecule has 0 saturated carbocycles. The van der Waals surface area contributed by atoms with Gasteiger partial charge in [-0.3, -0.25) is 29.0 Å². The highest BCUT2D eigenvalue weighted by molar-refractivity contribution is 6.41. The van der Waals surface area contributed by atoms with E-state index in [2.05, 4.69) is 20.6 Å². The molecule has 12 nitrogen and oxygen atoms in total. The molecule has 0 aliphatic carbocycles. The van der Waals surface area contributed by atoms with E-state index >= 15 is 0 Å². The number of hydrogen-bond acceptors (Lipinski definition) is 7. The Hall–Kier alpha value is -5.03. The topological polar surface area (TPSA) is 207 Å². The quantitative estimate of drug-likeness (QED) is 0.124. The largest absolute Gasteiger partial charge is 0.481 e. The molecule has 2 amide bonds. The number of rotatable bonds is 9. The fourth-order valence-electron chi connectivity index (χ4n) is 2.79. The van der Waals surface area contributed by atoms with Gasteiger partial charge in [-0.2, -0.15) is 26.3 Å². The zero-order valence-corrected chi connectivity index (χ0v) is 20.8. The molecule has 0 saturated heterocycles. The maximum Gasteiger partial charge on any atom is 0.458 e. The van der Waals surface area contributed by atoms with Crippen molar-refractivity contribution in [3.05, 3.63) is 59.4 Å². The molecule has 1 unspecified atom stereocenters. The van der Waals surface area contributed by atoms with Gasteiger partial charge in [-0.25, -0.2) is 4.99 Å². The summed E-state index contributed by atoms with van der Waals surface area (Å²) in [6.07, 6.45) is -11.9. The van der Waals surface area contributed by atoms with Crippen molar-refractivity contribution in [1.82, 2.24) is 15.6 Å². The van der Waals surface area contributed by atoms with E-state index in [-0.39, 0.29) is 24.5 Å². The lowest BCUT2D eigenvalue weighted by Gasteiger charge is -2.17. The van der Waals surface area contributed by atoms with Crippen LogP contribution in [0.3, 0.4) is 0 Å². The van der Waals surface area contributed by atoms with Crippen molar-refractivity contribution in [2.24, 2.45) is 16.5 Å². The Morgan fingerprint density at radius 2 is 1.51 bits per heavy atom. The first-order valence-electron chi connectivity index (χ1n) is 11.0. The number of carbonyl (C=O) groups is 5. The fraction of sp³-hybridized carbons (Fsp3) is 0.261. The van der Waals surface area contributed by atoms with Crippen molar-refractivity contribution >= 4 is 41.0 Å². The first-order valence-corrected chi connectivity index (χ1v) is 11.0. The molecule has 1 atom stereocenters. The number of pyridine rings is 1. The summed E-state index contributed by atoms with van der Waals surface area (Å²) in [4.78, 5) is 63.0. The zero-order valence-electron chi connectivity index (χ0n) is 20.8. The predicted molar refractivity (Wildman–Crippen MR) is 128 cm³/mol. The van der Waals surface area contributed by atoms with E-state index in [0.29, 0.717) is 17.1 Å². The second-order valence-corrected chi connectivity index (χ2v) is 7.85. The van der Waals surface area contributed by atoms with E-state index in [1.165, 1.54) is 6.07 Å². The molecule has 0 aliphatic heterocycles. The summed E-state index contributed by atoms with van der Waals surface area (Å²) in [5.41, 5.74) is 12.4. The normalized spacial score (nSPS) is 11.7. The lowest BCUT2D eigenvalue weighted by Crippen LogP contribution is -2.39. The highest BCUT2D eigenvalue weighted by Crippen LogP contribution is 2.24. The van der Waals surface area contributed by atoms with Gasteiger partial charge >= 0.3 is 29.9 Å². The number of benzene rings is 1. The van der Waals surface area contributed by atoms with Crippen molar-refractivity contribution in [2.75, 3.05) is 6.54 Å². The number of carboxylic acids is 1. The summed E-state index contributed by atoms with van der Waals surface area (Å²) in [6, 6.07) is 10.5. The molecule has 222 valence electrons. The molecule has 0 fully saturated rings. The number of ketones is 2. The number of carbonyl (C=O) groups excluding carboxylic acids is 4. The Kier molecular flexibility index (Phi) is 11.9. The van der Waals surface area contributed by atoms with Crippen LogP contribution < -0.4 is 22.1 Å². The van der Waals surface area contributed by atoms with Crippen LogP contribution in [0.1, 0.15) is 34.2 Å². The third-order valence-electron chi connectivity index (χ3n) is 4.48. The van der Waals surface area contributed by atoms with E-state index in [0.717, 1.165) is 0 Å². The second kappa shape index (κ2) is 14.4. The molecule has 2 rings (SSSR count). The minimum atomic E-state index is -5.77. The molecule has 1 heterocycles. The lowest BCUT2D eigenvalue weighted by atomic mass is 10.1. The van der Waals surface area contributed by atoms with E-state index in [4.69, 9.17) is 16.6 Å². The Morgan fingerprint density at radius 3 is 2.00 bits per heavy atom. The number of Topliss-reactive ketones (excluding diaryl/α,β-unsaturated/α-hetero) is 2. The summed E-state index contributed by atoms with van der Waals surface area (Å²) in [5.74, 6) is -9.09. The Labute approximate surface area is 226 Å². The smallest absolute Gasteiger partial charge is 0.458 e. The van der Waals surface area contributed by atoms with Crippen LogP contribution in [0.25, 0.3) is 0 Å². The van der Waals surface area contributed by atoms with Crippen LogP contribution >= 0.6 is 0 Å². The molecule has 1 aromatic carbocycles. The zero-order chi connectivity index (χ0) is 31.5. The van der Waals surface area contributed by atoms with Gasteiger partial charge in [-0.1, -0.05) is 12.1 Å². The monoisotopic (exact) mass is 592 g/mol. The van der Waals surface area contributed by atoms with E-state index in [9.17, 15) is 50.3 Å². The number of amides is 2. The minimum absolute atomic E-state index is 0.142. The number of aryl methyl sites for hydroxylation is 1. The summed E-state index contributed by atoms with van der Waals surface area (Å²) in [7, 11) is 0. The average Bonchev–Trinajstić information content (AvgIpc) is 2.84. The molecule has 7 N–H and O–H groups in total. The highest BCUT2D eigenvalue weighted by atomic mass is 19.4. The van der Waals surface area contributed by atoms with Gasteiger partial charge in [0.1, 0.15) is 0 Å². The number of nitrogens with zero attached hydrogens (tertiary/aromatic N) is 2. The second-order valence-electron chi connectivity index (χ2n) is 7.85. The highest BCUT2D eigenvalue weighted by Gasteiger charge is 2.54. The number of nitrogens with one attached hydrogen (secondary N) is 2. The first kappa shape index (κ1) is 34.0. The SMILES string of the molecule is Cc1cccc(C(CC(=O)O)NC(=O)CNC(=O)c2cccc(N=C(N)N)c2)n1.O=C(C(=O)C(F)(F)F)C(F)(F)F. The van der Waals surface area contributed by atoms with Gasteiger partial charge < -0.3 is 27.2 Å². The van der Waals surface area contributed by atoms with Crippen molar-refractivity contribution < 1.29 is 55.4 Å². The number of halogens is 6. The number of aliphatic carboxylic acids is 1. The van der Waals surface area contributed by atoms with E-state index in [1.54, 1.807) is 43.3 Å². The van der Waals surface area contributed by atoms with Gasteiger partial charge in [0, 0.05) is 11.3 Å². The van der Waals surface area contributed by atoms with Gasteiger partial charge in [0.05, 0.1) is 30.4 Å². The molecular formula is C23H22F6N6O6. The van der Waals surface area contributed by atoms with Crippen molar-refractivity contribution in [3.8, 4) is 0 Å². The average molecular weight is 592 g/mol. The van der Waals surface area contributed by atoms with Crippen molar-refractivity contribution in [3.63, 3.8) is 0 Å². The Morgan fingerprint density at radius 1 is 0.951 bits per heavy atom. The summed E-state index contributed by atoms with van der Waals surface area (Å²) >= 11 is 0. The van der Waals surface area contributed by atoms with Gasteiger partial charge in [0.15, 0.2) is 5.96 Å². The molecule has 0 spiro atoms. The molecule has 2 aromatic rings. The third-order valence-corrected chi connectivity index (χ3v) is 4.48. The molecule has 0 aliphatic rings. The first-order chi connectivity index (χ1) is 18.8. The minimum Gasteiger partial charge on any atom is -0.481 e. The Balaban J connectivity index is 0.000000590. The fourth-order valence-corrected chi connectivity index (χ4v) is 2.79. The van der Waals surface area contributed by atoms with Crippen LogP contribution in [-0.2, 0) is 19.2 Å². The third kappa shape index (κ3) is 12.1. The number of aliphatic imine (C=N–C) groups is 1. The summed E-state index contributed by atoms with van der Waals surface area (Å²) in [5, 5.41) is 14.2. The number of guanidine groups is 1. The van der Waals surface area contributed by atoms with Crippen LogP contribution in [0.2, 0.25) is 0 Å². The van der Waals surface area contributed by atoms with Crippen molar-refractivity contribution in [2.45, 2.75) is 31.7 Å². The van der Waals surface area contributed by atoms with E-state index in [1.807, 2.05) is 0 Å². The summed E-state index contributed by atoms with van der Waals surface area (Å²) in [6.45, 7) is 1.42. The summed E-state index contributed by atoms with van der Waals surface area (Å²) < 4.78 is 67.0. The molecule has 0 bridgehead atoms. The number of nitrogens with two attached hydrogens (primary N) is 2. The van der Waals surface area contributed by atoms with Crippen LogP contribution in [0.4, 0.5) is 32.0 Å². The van der Waals surface area contributed by atoms with Gasteiger partial charge in [-0.05, 0) is 37.3 Å². The maximum absolute atomic E-state index is 12.3. The van der Waals surface area contributed by atoms with Gasteiger partial charge in [0.25, 0.3) is 5.91 Å². The van der Waals surface area contributed by atoms with Crippen LogP contribution in [0.15, 0.2) is 47.5 Å². The lowest BCUT2D eigenvalue weighted by molar-refractivity contribution is -0.193. The number of alkyl halides is 6. The molecule has 0 radical (unpaired) electrons. The Bertz CT molecular complexity index is 1300. The number of aromatic nitrogens is 1. The van der Waals surface area contributed by atoms with Crippen molar-refractivity contribution in [1.29, 1.82) is 0 Å². The molecular weight excluding hydrogens is 570 g/mol. The van der Waals surface area contributed by atoms with Crippen LogP contribution in [0, 0.1) is 6.92 Å². The molecule has 18 heteroatoms. The standard InChI is InChI=1S/C19H22N6O4.C4F6O2/c1-11-4-2-7-14(23-11)15(9-17(27)28)25-16(26)10-22-18(29)12-5-3-6-13(8-12)24-19(20)21;5-3(6,7)1(11)2(12)4(8,9)10/h2-8,15H,9-10H2,1H3,(H,22,29)(H,25,26)(H,27,28)(H4,20,21,24);. The van der Waals surface area contributed by atoms with Crippen LogP contribution in [0.5, 0.6) is 0 Å². The molecule has 41 heavy (non-hydrogen) atoms. The number of hydrogen-bond donors (Lipinski definition) is 5.